The van der Waals surface area contributed by atoms with Gasteiger partial charge in [0.15, 0.2) is 0 Å². The maximum atomic E-state index is 12.6. The fraction of sp³-hybridized carbons (Fsp3) is 0.429. The molecule has 1 aromatic carbocycles. The second-order valence-corrected chi connectivity index (χ2v) is 5.50. The molecule has 0 amide bonds. The Kier molecular flexibility index (Phi) is 2.97. The zero-order valence-corrected chi connectivity index (χ0v) is 11.8. The molecule has 0 aliphatic carbocycles. The number of halogens is 1. The van der Waals surface area contributed by atoms with Crippen LogP contribution < -0.4 is 10.6 Å². The molecule has 2 heterocycles. The minimum absolute atomic E-state index is 0.00177. The number of alkyl halides is 1. The molecular formula is C14H16ClN3O. The van der Waals surface area contributed by atoms with Gasteiger partial charge in [-0.2, -0.15) is 0 Å². The van der Waals surface area contributed by atoms with E-state index in [0.29, 0.717) is 11.3 Å². The Hall–Kier alpha value is -1.55. The lowest BCUT2D eigenvalue weighted by atomic mass is 10.2. The lowest BCUT2D eigenvalue weighted by Crippen LogP contribution is -2.34. The van der Waals surface area contributed by atoms with E-state index in [9.17, 15) is 4.79 Å². The first-order valence-corrected chi connectivity index (χ1v) is 7.01. The van der Waals surface area contributed by atoms with Crippen molar-refractivity contribution in [2.45, 2.75) is 25.8 Å². The van der Waals surface area contributed by atoms with Gasteiger partial charge < -0.3 is 5.01 Å². The van der Waals surface area contributed by atoms with Gasteiger partial charge in [-0.3, -0.25) is 4.79 Å². The van der Waals surface area contributed by atoms with Gasteiger partial charge in [-0.05, 0) is 12.1 Å². The number of para-hydroxylation sites is 1. The first-order valence-electron chi connectivity index (χ1n) is 6.48. The normalized spacial score (nSPS) is 18.3. The van der Waals surface area contributed by atoms with Crippen molar-refractivity contribution >= 4 is 22.5 Å². The SMILES string of the molecule is CC(C)c1nc2ccccc2c(=O)n1N1CC1CCl. The molecule has 1 aliphatic heterocycles. The average molecular weight is 278 g/mol. The number of rotatable bonds is 3. The first-order chi connectivity index (χ1) is 9.13. The van der Waals surface area contributed by atoms with E-state index in [1.807, 2.05) is 43.1 Å². The second-order valence-electron chi connectivity index (χ2n) is 5.19. The van der Waals surface area contributed by atoms with Crippen LogP contribution in [-0.2, 0) is 0 Å². The van der Waals surface area contributed by atoms with Crippen molar-refractivity contribution in [3.8, 4) is 0 Å². The van der Waals surface area contributed by atoms with Gasteiger partial charge in [0.1, 0.15) is 5.82 Å². The van der Waals surface area contributed by atoms with E-state index in [1.54, 1.807) is 4.68 Å². The molecule has 2 aromatic rings. The number of aromatic nitrogens is 2. The van der Waals surface area contributed by atoms with Gasteiger partial charge in [-0.1, -0.05) is 26.0 Å². The molecule has 1 fully saturated rings. The average Bonchev–Trinajstić information content (AvgIpc) is 3.17. The number of nitrogens with zero attached hydrogens (tertiary/aromatic N) is 3. The summed E-state index contributed by atoms with van der Waals surface area (Å²) in [4.78, 5) is 17.3. The number of hydrogen-bond acceptors (Lipinski definition) is 3. The van der Waals surface area contributed by atoms with Crippen LogP contribution in [0.1, 0.15) is 25.6 Å². The van der Waals surface area contributed by atoms with Crippen LogP contribution in [0.3, 0.4) is 0 Å². The molecule has 0 N–H and O–H groups in total. The fourth-order valence-electron chi connectivity index (χ4n) is 2.31. The van der Waals surface area contributed by atoms with E-state index in [1.165, 1.54) is 0 Å². The van der Waals surface area contributed by atoms with Gasteiger partial charge in [-0.15, -0.1) is 11.6 Å². The first kappa shape index (κ1) is 12.5. The maximum absolute atomic E-state index is 12.6. The molecule has 1 aromatic heterocycles. The highest BCUT2D eigenvalue weighted by Crippen LogP contribution is 2.21. The summed E-state index contributed by atoms with van der Waals surface area (Å²) in [5.74, 6) is 1.53. The molecule has 19 heavy (non-hydrogen) atoms. The van der Waals surface area contributed by atoms with Gasteiger partial charge in [0.2, 0.25) is 0 Å². The lowest BCUT2D eigenvalue weighted by molar-refractivity contribution is 0.640. The largest absolute Gasteiger partial charge is 0.300 e. The lowest BCUT2D eigenvalue weighted by Gasteiger charge is -2.17. The van der Waals surface area contributed by atoms with Gasteiger partial charge in [0, 0.05) is 11.8 Å². The Morgan fingerprint density at radius 3 is 2.79 bits per heavy atom. The third-order valence-electron chi connectivity index (χ3n) is 3.42. The monoisotopic (exact) mass is 277 g/mol. The molecule has 3 rings (SSSR count). The third kappa shape index (κ3) is 2.00. The van der Waals surface area contributed by atoms with Crippen LogP contribution in [-0.4, -0.2) is 28.1 Å². The molecule has 1 unspecified atom stereocenters. The van der Waals surface area contributed by atoms with Crippen molar-refractivity contribution in [3.05, 3.63) is 40.4 Å². The molecular weight excluding hydrogens is 262 g/mol. The Labute approximate surface area is 116 Å². The minimum atomic E-state index is 0.00177. The van der Waals surface area contributed by atoms with Gasteiger partial charge in [0.05, 0.1) is 23.5 Å². The van der Waals surface area contributed by atoms with E-state index in [-0.39, 0.29) is 17.5 Å². The zero-order chi connectivity index (χ0) is 13.6. The molecule has 1 saturated heterocycles. The highest BCUT2D eigenvalue weighted by Gasteiger charge is 2.36. The summed E-state index contributed by atoms with van der Waals surface area (Å²) >= 11 is 5.87. The molecule has 5 heteroatoms. The molecule has 100 valence electrons. The topological polar surface area (TPSA) is 37.9 Å². The van der Waals surface area contributed by atoms with Crippen molar-refractivity contribution in [2.24, 2.45) is 0 Å². The Morgan fingerprint density at radius 1 is 1.42 bits per heavy atom. The molecule has 4 nitrogen and oxygen atoms in total. The van der Waals surface area contributed by atoms with Crippen molar-refractivity contribution in [1.82, 2.24) is 9.66 Å². The molecule has 1 atom stereocenters. The summed E-state index contributed by atoms with van der Waals surface area (Å²) in [6.45, 7) is 4.92. The van der Waals surface area contributed by atoms with Crippen LogP contribution >= 0.6 is 11.6 Å². The van der Waals surface area contributed by atoms with Crippen LogP contribution in [0.5, 0.6) is 0 Å². The van der Waals surface area contributed by atoms with E-state index in [2.05, 4.69) is 4.98 Å². The quantitative estimate of drug-likeness (QED) is 0.637. The van der Waals surface area contributed by atoms with Gasteiger partial charge in [0.25, 0.3) is 5.56 Å². The van der Waals surface area contributed by atoms with Crippen molar-refractivity contribution in [2.75, 3.05) is 17.4 Å². The summed E-state index contributed by atoms with van der Waals surface area (Å²) in [7, 11) is 0. The fourth-order valence-corrected chi connectivity index (χ4v) is 2.56. The Bertz CT molecular complexity index is 680. The van der Waals surface area contributed by atoms with Crippen LogP contribution in [0.4, 0.5) is 0 Å². The standard InChI is InChI=1S/C14H16ClN3O/c1-9(2)13-16-12-6-4-3-5-11(12)14(19)18(13)17-8-10(17)7-15/h3-6,9-10H,7-8H2,1-2H3. The predicted octanol–water partition coefficient (Wildman–Crippen LogP) is 2.08. The molecule has 1 aliphatic rings. The summed E-state index contributed by atoms with van der Waals surface area (Å²) in [5.41, 5.74) is 0.763. The van der Waals surface area contributed by atoms with Gasteiger partial charge >= 0.3 is 0 Å². The molecule has 0 radical (unpaired) electrons. The maximum Gasteiger partial charge on any atom is 0.280 e. The van der Waals surface area contributed by atoms with E-state index >= 15 is 0 Å². The second kappa shape index (κ2) is 4.53. The predicted molar refractivity (Wildman–Crippen MR) is 77.7 cm³/mol. The van der Waals surface area contributed by atoms with Gasteiger partial charge in [-0.25, -0.2) is 9.66 Å². The van der Waals surface area contributed by atoms with Crippen molar-refractivity contribution in [3.63, 3.8) is 0 Å². The van der Waals surface area contributed by atoms with Crippen molar-refractivity contribution < 1.29 is 0 Å². The number of benzene rings is 1. The Morgan fingerprint density at radius 2 is 2.16 bits per heavy atom. The molecule has 0 bridgehead atoms. The van der Waals surface area contributed by atoms with Crippen LogP contribution in [0.25, 0.3) is 10.9 Å². The van der Waals surface area contributed by atoms with Crippen molar-refractivity contribution in [1.29, 1.82) is 0 Å². The summed E-state index contributed by atoms with van der Waals surface area (Å²) in [5, 5.41) is 2.65. The zero-order valence-electron chi connectivity index (χ0n) is 11.0. The highest BCUT2D eigenvalue weighted by molar-refractivity contribution is 6.18. The van der Waals surface area contributed by atoms with Crippen LogP contribution in [0, 0.1) is 0 Å². The Balaban J connectivity index is 2.26. The summed E-state index contributed by atoms with van der Waals surface area (Å²) in [6, 6.07) is 7.73. The number of fused-ring (bicyclic) bond motifs is 1. The summed E-state index contributed by atoms with van der Waals surface area (Å²) in [6.07, 6.45) is 0. The molecule has 0 saturated carbocycles. The highest BCUT2D eigenvalue weighted by atomic mass is 35.5. The smallest absolute Gasteiger partial charge is 0.280 e. The summed E-state index contributed by atoms with van der Waals surface area (Å²) < 4.78 is 1.71. The van der Waals surface area contributed by atoms with Crippen LogP contribution in [0.2, 0.25) is 0 Å². The third-order valence-corrected chi connectivity index (χ3v) is 3.77. The number of hydrogen-bond donors (Lipinski definition) is 0. The van der Waals surface area contributed by atoms with Crippen LogP contribution in [0.15, 0.2) is 29.1 Å². The van der Waals surface area contributed by atoms with E-state index in [4.69, 9.17) is 11.6 Å². The minimum Gasteiger partial charge on any atom is -0.300 e. The van der Waals surface area contributed by atoms with E-state index in [0.717, 1.165) is 17.9 Å². The molecule has 0 spiro atoms. The van der Waals surface area contributed by atoms with E-state index < -0.39 is 0 Å².